The maximum absolute atomic E-state index is 13.0. The molecule has 1 heterocycles. The molecule has 0 saturated carbocycles. The Morgan fingerprint density at radius 1 is 1.11 bits per heavy atom. The molecule has 148 valence electrons. The molecule has 3 rings (SSSR count). The van der Waals surface area contributed by atoms with Crippen molar-refractivity contribution in [3.05, 3.63) is 59.7 Å². The molecule has 0 bridgehead atoms. The second kappa shape index (κ2) is 6.85. The summed E-state index contributed by atoms with van der Waals surface area (Å²) in [6.07, 6.45) is -5.32. The minimum absolute atomic E-state index is 0.0676. The Bertz CT molecular complexity index is 908. The van der Waals surface area contributed by atoms with E-state index in [1.807, 2.05) is 13.8 Å². The number of carbonyl (C=O) groups is 2. The minimum atomic E-state index is -4.30. The SMILES string of the molecule is CC1(C)CN(c2cccc(C(=O)O)c2)C(=O)N1c1ccc(CC(F)(F)F)cc1. The molecule has 0 unspecified atom stereocenters. The molecule has 0 spiro atoms. The van der Waals surface area contributed by atoms with Crippen LogP contribution < -0.4 is 9.80 Å². The van der Waals surface area contributed by atoms with E-state index < -0.39 is 24.1 Å². The monoisotopic (exact) mass is 392 g/mol. The van der Waals surface area contributed by atoms with Gasteiger partial charge in [-0.3, -0.25) is 9.80 Å². The zero-order chi connectivity index (χ0) is 20.7. The molecule has 1 saturated heterocycles. The Kier molecular flexibility index (Phi) is 4.82. The van der Waals surface area contributed by atoms with Crippen molar-refractivity contribution in [2.24, 2.45) is 0 Å². The Morgan fingerprint density at radius 3 is 2.32 bits per heavy atom. The fraction of sp³-hybridized carbons (Fsp3) is 0.300. The normalized spacial score (nSPS) is 16.5. The number of urea groups is 1. The lowest BCUT2D eigenvalue weighted by Gasteiger charge is -2.29. The molecule has 0 aromatic heterocycles. The molecule has 1 aliphatic heterocycles. The average molecular weight is 392 g/mol. The highest BCUT2D eigenvalue weighted by Crippen LogP contribution is 2.35. The first-order valence-electron chi connectivity index (χ1n) is 8.59. The number of carboxylic acid groups (broad SMARTS) is 1. The van der Waals surface area contributed by atoms with Gasteiger partial charge in [0.25, 0.3) is 0 Å². The number of benzene rings is 2. The molecule has 2 aromatic rings. The van der Waals surface area contributed by atoms with Gasteiger partial charge < -0.3 is 5.11 Å². The highest BCUT2D eigenvalue weighted by Gasteiger charge is 2.44. The number of hydrogen-bond donors (Lipinski definition) is 1. The van der Waals surface area contributed by atoms with Crippen molar-refractivity contribution in [2.75, 3.05) is 16.3 Å². The van der Waals surface area contributed by atoms with E-state index in [1.165, 1.54) is 46.2 Å². The van der Waals surface area contributed by atoms with Gasteiger partial charge in [-0.15, -0.1) is 0 Å². The molecule has 0 aliphatic carbocycles. The zero-order valence-electron chi connectivity index (χ0n) is 15.3. The summed E-state index contributed by atoms with van der Waals surface area (Å²) in [5, 5.41) is 9.16. The summed E-state index contributed by atoms with van der Waals surface area (Å²) in [7, 11) is 0. The molecule has 0 radical (unpaired) electrons. The largest absolute Gasteiger partial charge is 0.478 e. The van der Waals surface area contributed by atoms with E-state index in [2.05, 4.69) is 0 Å². The quantitative estimate of drug-likeness (QED) is 0.819. The van der Waals surface area contributed by atoms with Gasteiger partial charge in [-0.2, -0.15) is 13.2 Å². The summed E-state index contributed by atoms with van der Waals surface area (Å²) in [4.78, 5) is 27.2. The van der Waals surface area contributed by atoms with Gasteiger partial charge in [0.05, 0.1) is 24.1 Å². The smallest absolute Gasteiger partial charge is 0.393 e. The highest BCUT2D eigenvalue weighted by atomic mass is 19.4. The van der Waals surface area contributed by atoms with E-state index in [9.17, 15) is 22.8 Å². The maximum Gasteiger partial charge on any atom is 0.393 e. The highest BCUT2D eigenvalue weighted by molar-refractivity contribution is 6.08. The molecular formula is C20H19F3N2O3. The van der Waals surface area contributed by atoms with Gasteiger partial charge in [0.15, 0.2) is 0 Å². The Balaban J connectivity index is 1.89. The third kappa shape index (κ3) is 3.95. The van der Waals surface area contributed by atoms with E-state index in [-0.39, 0.29) is 17.2 Å². The van der Waals surface area contributed by atoms with Crippen LogP contribution in [0.1, 0.15) is 29.8 Å². The molecule has 0 atom stereocenters. The van der Waals surface area contributed by atoms with Gasteiger partial charge in [-0.05, 0) is 49.7 Å². The van der Waals surface area contributed by atoms with Crippen LogP contribution in [0.15, 0.2) is 48.5 Å². The van der Waals surface area contributed by atoms with Crippen molar-refractivity contribution in [3.8, 4) is 0 Å². The molecule has 2 amide bonds. The van der Waals surface area contributed by atoms with Crippen LogP contribution in [-0.2, 0) is 6.42 Å². The lowest BCUT2D eigenvalue weighted by Crippen LogP contribution is -2.42. The van der Waals surface area contributed by atoms with Crippen molar-refractivity contribution >= 4 is 23.4 Å². The van der Waals surface area contributed by atoms with E-state index in [1.54, 1.807) is 12.1 Å². The summed E-state index contributed by atoms with van der Waals surface area (Å²) in [6, 6.07) is 11.4. The summed E-state index contributed by atoms with van der Waals surface area (Å²) in [6.45, 7) is 3.99. The first kappa shape index (κ1) is 19.7. The average Bonchev–Trinajstić information content (AvgIpc) is 2.84. The van der Waals surface area contributed by atoms with Gasteiger partial charge >= 0.3 is 18.2 Å². The Hall–Kier alpha value is -3.03. The second-order valence-electron chi connectivity index (χ2n) is 7.33. The van der Waals surface area contributed by atoms with Crippen molar-refractivity contribution < 1.29 is 27.9 Å². The number of halogens is 3. The topological polar surface area (TPSA) is 60.9 Å². The molecule has 1 aliphatic rings. The van der Waals surface area contributed by atoms with Gasteiger partial charge in [-0.25, -0.2) is 9.59 Å². The van der Waals surface area contributed by atoms with Crippen molar-refractivity contribution in [2.45, 2.75) is 32.0 Å². The summed E-state index contributed by atoms with van der Waals surface area (Å²) in [5.74, 6) is -1.09. The van der Waals surface area contributed by atoms with Crippen LogP contribution in [0, 0.1) is 0 Å². The van der Waals surface area contributed by atoms with Crippen LogP contribution in [0.25, 0.3) is 0 Å². The van der Waals surface area contributed by atoms with Crippen LogP contribution in [0.2, 0.25) is 0 Å². The van der Waals surface area contributed by atoms with Crippen LogP contribution >= 0.6 is 0 Å². The Morgan fingerprint density at radius 2 is 1.75 bits per heavy atom. The van der Waals surface area contributed by atoms with Gasteiger partial charge in [0.2, 0.25) is 0 Å². The fourth-order valence-electron chi connectivity index (χ4n) is 3.37. The van der Waals surface area contributed by atoms with Gasteiger partial charge in [-0.1, -0.05) is 18.2 Å². The molecular weight excluding hydrogens is 373 g/mol. The number of hydrogen-bond acceptors (Lipinski definition) is 2. The van der Waals surface area contributed by atoms with E-state index in [4.69, 9.17) is 5.11 Å². The number of carbonyl (C=O) groups excluding carboxylic acids is 1. The number of rotatable bonds is 4. The fourth-order valence-corrected chi connectivity index (χ4v) is 3.37. The first-order valence-corrected chi connectivity index (χ1v) is 8.59. The van der Waals surface area contributed by atoms with E-state index >= 15 is 0 Å². The molecule has 1 fully saturated rings. The zero-order valence-corrected chi connectivity index (χ0v) is 15.3. The van der Waals surface area contributed by atoms with E-state index in [0.717, 1.165) is 0 Å². The second-order valence-corrected chi connectivity index (χ2v) is 7.33. The lowest BCUT2D eigenvalue weighted by atomic mass is 10.0. The predicted octanol–water partition coefficient (Wildman–Crippen LogP) is 4.71. The molecule has 2 aromatic carbocycles. The number of carboxylic acids is 1. The predicted molar refractivity (Wildman–Crippen MR) is 98.9 cm³/mol. The van der Waals surface area contributed by atoms with Crippen molar-refractivity contribution in [1.82, 2.24) is 0 Å². The van der Waals surface area contributed by atoms with Crippen LogP contribution in [0.4, 0.5) is 29.3 Å². The summed E-state index contributed by atoms with van der Waals surface area (Å²) < 4.78 is 37.6. The maximum atomic E-state index is 13.0. The molecule has 28 heavy (non-hydrogen) atoms. The van der Waals surface area contributed by atoms with Crippen molar-refractivity contribution in [3.63, 3.8) is 0 Å². The number of alkyl halides is 3. The van der Waals surface area contributed by atoms with Gasteiger partial charge in [0.1, 0.15) is 0 Å². The third-order valence-electron chi connectivity index (χ3n) is 4.58. The summed E-state index contributed by atoms with van der Waals surface area (Å²) in [5.41, 5.74) is 0.485. The van der Waals surface area contributed by atoms with Crippen LogP contribution in [-0.4, -0.2) is 35.4 Å². The molecule has 1 N–H and O–H groups in total. The first-order chi connectivity index (χ1) is 13.0. The number of amides is 2. The lowest BCUT2D eigenvalue weighted by molar-refractivity contribution is -0.127. The number of anilines is 2. The van der Waals surface area contributed by atoms with Gasteiger partial charge in [0, 0.05) is 11.4 Å². The molecule has 8 heteroatoms. The standard InChI is InChI=1S/C20H19F3N2O3/c1-19(2)12-24(16-5-3-4-14(10-16)17(26)27)18(28)25(19)15-8-6-13(7-9-15)11-20(21,22)23/h3-10H,11-12H2,1-2H3,(H,26,27). The third-order valence-corrected chi connectivity index (χ3v) is 4.58. The Labute approximate surface area is 160 Å². The van der Waals surface area contributed by atoms with Crippen molar-refractivity contribution in [1.29, 1.82) is 0 Å². The van der Waals surface area contributed by atoms with Crippen LogP contribution in [0.3, 0.4) is 0 Å². The van der Waals surface area contributed by atoms with E-state index in [0.29, 0.717) is 17.9 Å². The number of nitrogens with zero attached hydrogens (tertiary/aromatic N) is 2. The molecule has 5 nitrogen and oxygen atoms in total. The summed E-state index contributed by atoms with van der Waals surface area (Å²) >= 11 is 0. The van der Waals surface area contributed by atoms with Crippen LogP contribution in [0.5, 0.6) is 0 Å². The number of aromatic carboxylic acids is 1. The minimum Gasteiger partial charge on any atom is -0.478 e.